The Morgan fingerprint density at radius 3 is 2.43 bits per heavy atom. The summed E-state index contributed by atoms with van der Waals surface area (Å²) < 4.78 is 5.57. The van der Waals surface area contributed by atoms with Crippen LogP contribution < -0.4 is 10.1 Å². The molecule has 1 unspecified atom stereocenters. The van der Waals surface area contributed by atoms with Crippen molar-refractivity contribution in [2.45, 2.75) is 32.1 Å². The van der Waals surface area contributed by atoms with Gasteiger partial charge < -0.3 is 10.1 Å². The van der Waals surface area contributed by atoms with Crippen molar-refractivity contribution < 1.29 is 19.1 Å². The first-order valence-electron chi connectivity index (χ1n) is 11.8. The number of nitrogens with one attached hydrogen (secondary N) is 1. The Balaban J connectivity index is 1.37. The molecule has 0 saturated carbocycles. The second-order valence-electron chi connectivity index (χ2n) is 9.22. The molecule has 0 fully saturated rings. The van der Waals surface area contributed by atoms with Gasteiger partial charge in [-0.1, -0.05) is 54.1 Å². The standard InChI is InChI=1S/C30H23NO4/c1-17-6-4-7-19(16-17)30(34)35-20-14-12-18(13-15-20)25-26-23(10-5-11-24(26)32)31-28-21-8-2-3-9-22(21)29(33)27(25)28/h2-4,6-9,12-16,25,31H,5,10-11H2,1H3. The molecule has 1 aliphatic heterocycles. The van der Waals surface area contributed by atoms with E-state index in [0.717, 1.165) is 40.9 Å². The number of rotatable bonds is 3. The van der Waals surface area contributed by atoms with E-state index in [0.29, 0.717) is 34.4 Å². The van der Waals surface area contributed by atoms with Gasteiger partial charge in [-0.15, -0.1) is 0 Å². The van der Waals surface area contributed by atoms with Crippen LogP contribution in [0.15, 0.2) is 89.6 Å². The maximum absolute atomic E-state index is 13.5. The number of carbonyl (C=O) groups excluding carboxylic acids is 3. The summed E-state index contributed by atoms with van der Waals surface area (Å²) in [6.07, 6.45) is 2.05. The predicted octanol–water partition coefficient (Wildman–Crippen LogP) is 5.52. The van der Waals surface area contributed by atoms with Crippen LogP contribution in [0.1, 0.15) is 62.6 Å². The van der Waals surface area contributed by atoms with E-state index in [9.17, 15) is 14.4 Å². The van der Waals surface area contributed by atoms with Gasteiger partial charge in [0.25, 0.3) is 0 Å². The van der Waals surface area contributed by atoms with Gasteiger partial charge in [-0.25, -0.2) is 4.79 Å². The van der Waals surface area contributed by atoms with Crippen LogP contribution in [-0.4, -0.2) is 17.5 Å². The lowest BCUT2D eigenvalue weighted by atomic mass is 9.75. The summed E-state index contributed by atoms with van der Waals surface area (Å²) in [5.41, 5.74) is 6.84. The molecule has 5 nitrogen and oxygen atoms in total. The zero-order chi connectivity index (χ0) is 24.1. The Hall–Kier alpha value is -4.25. The molecule has 3 aliphatic rings. The highest BCUT2D eigenvalue weighted by Crippen LogP contribution is 2.48. The van der Waals surface area contributed by atoms with Gasteiger partial charge in [-0.3, -0.25) is 9.59 Å². The maximum atomic E-state index is 13.5. The summed E-state index contributed by atoms with van der Waals surface area (Å²) in [7, 11) is 0. The Morgan fingerprint density at radius 1 is 0.886 bits per heavy atom. The second kappa shape index (κ2) is 8.20. The van der Waals surface area contributed by atoms with Gasteiger partial charge in [0.05, 0.1) is 11.3 Å². The van der Waals surface area contributed by atoms with Crippen LogP contribution in [0.3, 0.4) is 0 Å². The third-order valence-electron chi connectivity index (χ3n) is 6.94. The van der Waals surface area contributed by atoms with Gasteiger partial charge >= 0.3 is 5.97 Å². The molecular formula is C30H23NO4. The SMILES string of the molecule is Cc1cccc(C(=O)Oc2ccc(C3C4=C(CCCC4=O)NC4=C3C(=O)c3ccccc34)cc2)c1. The number of carbonyl (C=O) groups is 3. The number of fused-ring (bicyclic) bond motifs is 2. The average Bonchev–Trinajstić information content (AvgIpc) is 3.15. The molecule has 1 heterocycles. The zero-order valence-corrected chi connectivity index (χ0v) is 19.3. The van der Waals surface area contributed by atoms with Crippen molar-refractivity contribution in [3.05, 3.63) is 117 Å². The summed E-state index contributed by atoms with van der Waals surface area (Å²) >= 11 is 0. The van der Waals surface area contributed by atoms with E-state index in [4.69, 9.17) is 4.74 Å². The number of dihydropyridines is 1. The summed E-state index contributed by atoms with van der Waals surface area (Å²) in [5.74, 6) is -0.437. The molecule has 3 aromatic rings. The van der Waals surface area contributed by atoms with Crippen molar-refractivity contribution in [3.8, 4) is 5.75 Å². The topological polar surface area (TPSA) is 72.5 Å². The Kier molecular flexibility index (Phi) is 4.99. The van der Waals surface area contributed by atoms with Gasteiger partial charge in [0.15, 0.2) is 11.6 Å². The fraction of sp³-hybridized carbons (Fsp3) is 0.167. The van der Waals surface area contributed by atoms with E-state index >= 15 is 0 Å². The molecule has 1 N–H and O–H groups in total. The highest BCUT2D eigenvalue weighted by molar-refractivity contribution is 6.23. The van der Waals surface area contributed by atoms with E-state index in [-0.39, 0.29) is 11.6 Å². The van der Waals surface area contributed by atoms with Crippen molar-refractivity contribution in [1.82, 2.24) is 5.32 Å². The number of Topliss-reactive ketones (excluding diaryl/α,β-unsaturated/α-hetero) is 2. The van der Waals surface area contributed by atoms with Crippen molar-refractivity contribution in [2.24, 2.45) is 0 Å². The van der Waals surface area contributed by atoms with E-state index in [1.54, 1.807) is 24.3 Å². The molecule has 1 atom stereocenters. The van der Waals surface area contributed by atoms with E-state index in [1.165, 1.54) is 0 Å². The number of hydrogen-bond donors (Lipinski definition) is 1. The minimum Gasteiger partial charge on any atom is -0.423 e. The minimum atomic E-state index is -0.449. The van der Waals surface area contributed by atoms with Crippen LogP contribution in [0.25, 0.3) is 5.70 Å². The van der Waals surface area contributed by atoms with E-state index in [2.05, 4.69) is 5.32 Å². The van der Waals surface area contributed by atoms with Crippen molar-refractivity contribution in [1.29, 1.82) is 0 Å². The largest absolute Gasteiger partial charge is 0.423 e. The molecule has 6 rings (SSSR count). The second-order valence-corrected chi connectivity index (χ2v) is 9.22. The van der Waals surface area contributed by atoms with Crippen LogP contribution >= 0.6 is 0 Å². The van der Waals surface area contributed by atoms with Crippen LogP contribution in [0, 0.1) is 6.92 Å². The van der Waals surface area contributed by atoms with Gasteiger partial charge in [-0.05, 0) is 49.6 Å². The smallest absolute Gasteiger partial charge is 0.343 e. The number of allylic oxidation sites excluding steroid dienone is 3. The molecular weight excluding hydrogens is 438 g/mol. The number of esters is 1. The van der Waals surface area contributed by atoms with E-state index < -0.39 is 11.9 Å². The Bertz CT molecular complexity index is 1480. The van der Waals surface area contributed by atoms with Gasteiger partial charge in [0, 0.05) is 40.3 Å². The third kappa shape index (κ3) is 3.51. The first-order chi connectivity index (χ1) is 17.0. The molecule has 0 spiro atoms. The first-order valence-corrected chi connectivity index (χ1v) is 11.8. The number of ether oxygens (including phenoxy) is 1. The van der Waals surface area contributed by atoms with Crippen molar-refractivity contribution in [2.75, 3.05) is 0 Å². The van der Waals surface area contributed by atoms with Crippen LogP contribution in [0.5, 0.6) is 5.75 Å². The van der Waals surface area contributed by atoms with Crippen LogP contribution in [0.2, 0.25) is 0 Å². The predicted molar refractivity (Wildman–Crippen MR) is 132 cm³/mol. The van der Waals surface area contributed by atoms with Crippen LogP contribution in [-0.2, 0) is 4.79 Å². The molecule has 0 saturated heterocycles. The van der Waals surface area contributed by atoms with Crippen molar-refractivity contribution >= 4 is 23.2 Å². The molecule has 0 aromatic heterocycles. The summed E-state index contributed by atoms with van der Waals surface area (Å²) in [6.45, 7) is 1.92. The highest BCUT2D eigenvalue weighted by atomic mass is 16.5. The van der Waals surface area contributed by atoms with Gasteiger partial charge in [0.1, 0.15) is 5.75 Å². The Labute approximate surface area is 203 Å². The van der Waals surface area contributed by atoms with Gasteiger partial charge in [0.2, 0.25) is 0 Å². The normalized spacial score (nSPS) is 18.6. The molecule has 35 heavy (non-hydrogen) atoms. The lowest BCUT2D eigenvalue weighted by Crippen LogP contribution is -2.31. The third-order valence-corrected chi connectivity index (χ3v) is 6.94. The molecule has 0 radical (unpaired) electrons. The van der Waals surface area contributed by atoms with Crippen molar-refractivity contribution in [3.63, 3.8) is 0 Å². The lowest BCUT2D eigenvalue weighted by molar-refractivity contribution is -0.116. The summed E-state index contributed by atoms with van der Waals surface area (Å²) in [4.78, 5) is 39.1. The molecule has 5 heteroatoms. The zero-order valence-electron chi connectivity index (χ0n) is 19.3. The highest BCUT2D eigenvalue weighted by Gasteiger charge is 2.43. The quantitative estimate of drug-likeness (QED) is 0.411. The Morgan fingerprint density at radius 2 is 1.66 bits per heavy atom. The summed E-state index contributed by atoms with van der Waals surface area (Å²) in [6, 6.07) is 22.0. The average molecular weight is 462 g/mol. The van der Waals surface area contributed by atoms with E-state index in [1.807, 2.05) is 55.5 Å². The minimum absolute atomic E-state index is 0.0482. The lowest BCUT2D eigenvalue weighted by Gasteiger charge is -2.33. The first kappa shape index (κ1) is 21.3. The van der Waals surface area contributed by atoms with Gasteiger partial charge in [-0.2, -0.15) is 0 Å². The number of benzene rings is 3. The number of aryl methyl sites for hydroxylation is 1. The number of ketones is 2. The molecule has 3 aromatic carbocycles. The fourth-order valence-electron chi connectivity index (χ4n) is 5.34. The molecule has 172 valence electrons. The maximum Gasteiger partial charge on any atom is 0.343 e. The molecule has 0 amide bonds. The molecule has 2 aliphatic carbocycles. The summed E-state index contributed by atoms with van der Waals surface area (Å²) in [5, 5.41) is 3.44. The monoisotopic (exact) mass is 461 g/mol. The number of hydrogen-bond acceptors (Lipinski definition) is 5. The molecule has 0 bridgehead atoms. The fourth-order valence-corrected chi connectivity index (χ4v) is 5.34. The van der Waals surface area contributed by atoms with Crippen LogP contribution in [0.4, 0.5) is 0 Å².